The van der Waals surface area contributed by atoms with Crippen molar-refractivity contribution in [1.29, 1.82) is 0 Å². The predicted octanol–water partition coefficient (Wildman–Crippen LogP) is 0.0801. The van der Waals surface area contributed by atoms with Crippen LogP contribution in [0.1, 0.15) is 0 Å². The summed E-state index contributed by atoms with van der Waals surface area (Å²) < 4.78 is 30.3. The maximum Gasteiger partial charge on any atom is 0.508 e. The monoisotopic (exact) mass is 192 g/mol. The Morgan fingerprint density at radius 1 is 1.58 bits per heavy atom. The molecule has 0 aromatic heterocycles. The van der Waals surface area contributed by atoms with E-state index in [-0.39, 0.29) is 5.75 Å². The van der Waals surface area contributed by atoms with Crippen LogP contribution in [-0.2, 0) is 19.3 Å². The summed E-state index contributed by atoms with van der Waals surface area (Å²) in [6, 6.07) is 0. The molecule has 0 N–H and O–H groups in total. The summed E-state index contributed by atoms with van der Waals surface area (Å²) >= 11 is 0. The second-order valence-corrected chi connectivity index (χ2v) is 4.20. The first-order valence-electron chi connectivity index (χ1n) is 3.19. The van der Waals surface area contributed by atoms with Crippen molar-refractivity contribution in [3.63, 3.8) is 0 Å². The van der Waals surface area contributed by atoms with E-state index in [4.69, 9.17) is 0 Å². The third kappa shape index (κ3) is 2.23. The van der Waals surface area contributed by atoms with Gasteiger partial charge in [-0.05, 0) is 6.08 Å². The third-order valence-corrected chi connectivity index (χ3v) is 2.68. The summed E-state index contributed by atoms with van der Waals surface area (Å²) in [4.78, 5) is 10.5. The topological polar surface area (TPSA) is 69.7 Å². The number of hydrogen-bond donors (Lipinski definition) is 0. The fourth-order valence-electron chi connectivity index (χ4n) is 0.792. The first kappa shape index (κ1) is 9.05. The second-order valence-electron chi connectivity index (χ2n) is 2.27. The van der Waals surface area contributed by atoms with Crippen LogP contribution >= 0.6 is 0 Å². The third-order valence-electron chi connectivity index (χ3n) is 1.31. The molecular weight excluding hydrogens is 184 g/mol. The minimum absolute atomic E-state index is 0.192. The molecule has 0 saturated heterocycles. The van der Waals surface area contributed by atoms with Crippen molar-refractivity contribution >= 4 is 16.0 Å². The largest absolute Gasteiger partial charge is 0.508 e. The maximum atomic E-state index is 10.8. The van der Waals surface area contributed by atoms with Crippen molar-refractivity contribution in [3.8, 4) is 0 Å². The van der Waals surface area contributed by atoms with Crippen LogP contribution < -0.4 is 0 Å². The van der Waals surface area contributed by atoms with E-state index < -0.39 is 22.1 Å². The van der Waals surface area contributed by atoms with E-state index in [0.717, 1.165) is 12.5 Å². The molecule has 1 aliphatic heterocycles. The molecule has 0 bridgehead atoms. The van der Waals surface area contributed by atoms with Gasteiger partial charge in [0.25, 0.3) is 0 Å². The number of methoxy groups -OCH3 is 1. The van der Waals surface area contributed by atoms with E-state index in [2.05, 4.69) is 9.47 Å². The highest BCUT2D eigenvalue weighted by atomic mass is 32.2. The molecule has 6 heteroatoms. The Labute approximate surface area is 69.9 Å². The summed E-state index contributed by atoms with van der Waals surface area (Å²) in [7, 11) is -2.00. The van der Waals surface area contributed by atoms with Crippen LogP contribution in [0.4, 0.5) is 4.79 Å². The van der Waals surface area contributed by atoms with E-state index >= 15 is 0 Å². The lowest BCUT2D eigenvalue weighted by Crippen LogP contribution is -2.19. The SMILES string of the molecule is COC(=O)O[C@H]1C=CS(=O)(=O)C1. The molecule has 0 amide bonds. The van der Waals surface area contributed by atoms with Gasteiger partial charge in [0.15, 0.2) is 9.84 Å². The van der Waals surface area contributed by atoms with E-state index in [1.54, 1.807) is 0 Å². The van der Waals surface area contributed by atoms with Gasteiger partial charge in [0.2, 0.25) is 0 Å². The van der Waals surface area contributed by atoms with Crippen LogP contribution in [0.15, 0.2) is 11.5 Å². The molecule has 1 rings (SSSR count). The van der Waals surface area contributed by atoms with Crippen molar-refractivity contribution in [2.24, 2.45) is 0 Å². The highest BCUT2D eigenvalue weighted by Gasteiger charge is 2.24. The van der Waals surface area contributed by atoms with Crippen LogP contribution in [0, 0.1) is 0 Å². The number of rotatable bonds is 1. The van der Waals surface area contributed by atoms with Crippen molar-refractivity contribution in [2.75, 3.05) is 12.9 Å². The summed E-state index contributed by atoms with van der Waals surface area (Å²) in [5.41, 5.74) is 0. The van der Waals surface area contributed by atoms with Gasteiger partial charge >= 0.3 is 6.16 Å². The zero-order chi connectivity index (χ0) is 9.19. The Kier molecular flexibility index (Phi) is 2.37. The fourth-order valence-corrected chi connectivity index (χ4v) is 1.96. The highest BCUT2D eigenvalue weighted by molar-refractivity contribution is 7.94. The van der Waals surface area contributed by atoms with Crippen LogP contribution in [0.3, 0.4) is 0 Å². The Bertz CT molecular complexity index is 302. The van der Waals surface area contributed by atoms with E-state index in [9.17, 15) is 13.2 Å². The number of sulfone groups is 1. The maximum absolute atomic E-state index is 10.8. The van der Waals surface area contributed by atoms with E-state index in [1.807, 2.05) is 0 Å². The Morgan fingerprint density at radius 2 is 2.25 bits per heavy atom. The molecule has 0 aromatic carbocycles. The van der Waals surface area contributed by atoms with Crippen LogP contribution in [0.5, 0.6) is 0 Å². The molecule has 0 saturated carbocycles. The first-order valence-corrected chi connectivity index (χ1v) is 4.90. The number of carbonyl (C=O) groups excluding carboxylic acids is 1. The summed E-state index contributed by atoms with van der Waals surface area (Å²) in [5, 5.41) is 1.03. The normalized spacial score (nSPS) is 25.2. The molecule has 0 radical (unpaired) electrons. The summed E-state index contributed by atoms with van der Waals surface area (Å²) in [6.07, 6.45) is -0.268. The minimum Gasteiger partial charge on any atom is -0.438 e. The molecular formula is C6H8O5S. The highest BCUT2D eigenvalue weighted by Crippen LogP contribution is 2.11. The van der Waals surface area contributed by atoms with Gasteiger partial charge in [0, 0.05) is 5.41 Å². The van der Waals surface area contributed by atoms with Gasteiger partial charge in [-0.1, -0.05) is 0 Å². The zero-order valence-electron chi connectivity index (χ0n) is 6.39. The van der Waals surface area contributed by atoms with E-state index in [0.29, 0.717) is 0 Å². The standard InChI is InChI=1S/C6H8O5S/c1-10-6(7)11-5-2-3-12(8,9)4-5/h2-3,5H,4H2,1H3/t5-/m0/s1. The lowest BCUT2D eigenvalue weighted by molar-refractivity contribution is 0.0594. The fraction of sp³-hybridized carbons (Fsp3) is 0.500. The predicted molar refractivity (Wildman–Crippen MR) is 40.2 cm³/mol. The Balaban J connectivity index is 2.51. The van der Waals surface area contributed by atoms with E-state index in [1.165, 1.54) is 6.08 Å². The first-order chi connectivity index (χ1) is 5.53. The molecule has 0 spiro atoms. The van der Waals surface area contributed by atoms with Gasteiger partial charge in [-0.15, -0.1) is 0 Å². The molecule has 1 aliphatic rings. The Hall–Kier alpha value is -1.04. The van der Waals surface area contributed by atoms with Crippen molar-refractivity contribution in [3.05, 3.63) is 11.5 Å². The number of ether oxygens (including phenoxy) is 2. The molecule has 12 heavy (non-hydrogen) atoms. The number of hydrogen-bond acceptors (Lipinski definition) is 5. The molecule has 0 aromatic rings. The van der Waals surface area contributed by atoms with Gasteiger partial charge in [-0.3, -0.25) is 0 Å². The van der Waals surface area contributed by atoms with Gasteiger partial charge in [-0.25, -0.2) is 13.2 Å². The van der Waals surface area contributed by atoms with Crippen molar-refractivity contribution in [2.45, 2.75) is 6.10 Å². The van der Waals surface area contributed by atoms with Crippen LogP contribution in [0.2, 0.25) is 0 Å². The van der Waals surface area contributed by atoms with Crippen LogP contribution in [0.25, 0.3) is 0 Å². The zero-order valence-corrected chi connectivity index (χ0v) is 7.21. The van der Waals surface area contributed by atoms with Crippen molar-refractivity contribution < 1.29 is 22.7 Å². The lowest BCUT2D eigenvalue weighted by Gasteiger charge is -2.06. The van der Waals surface area contributed by atoms with Crippen LogP contribution in [-0.4, -0.2) is 33.5 Å². The molecule has 5 nitrogen and oxygen atoms in total. The smallest absolute Gasteiger partial charge is 0.438 e. The average molecular weight is 192 g/mol. The summed E-state index contributed by atoms with van der Waals surface area (Å²) in [5.74, 6) is -0.192. The molecule has 0 fully saturated rings. The number of carbonyl (C=O) groups is 1. The molecule has 68 valence electrons. The average Bonchev–Trinajstić information content (AvgIpc) is 2.30. The van der Waals surface area contributed by atoms with Gasteiger partial charge in [-0.2, -0.15) is 0 Å². The molecule has 0 unspecified atom stereocenters. The van der Waals surface area contributed by atoms with Crippen molar-refractivity contribution in [1.82, 2.24) is 0 Å². The van der Waals surface area contributed by atoms with Gasteiger partial charge in [0.1, 0.15) is 6.10 Å². The van der Waals surface area contributed by atoms with Gasteiger partial charge < -0.3 is 9.47 Å². The second kappa shape index (κ2) is 3.14. The molecule has 1 heterocycles. The summed E-state index contributed by atoms with van der Waals surface area (Å²) in [6.45, 7) is 0. The molecule has 1 atom stereocenters. The lowest BCUT2D eigenvalue weighted by atomic mass is 10.4. The Morgan fingerprint density at radius 3 is 2.67 bits per heavy atom. The molecule has 0 aliphatic carbocycles. The minimum atomic E-state index is -3.16. The quantitative estimate of drug-likeness (QED) is 0.550. The van der Waals surface area contributed by atoms with Gasteiger partial charge in [0.05, 0.1) is 12.9 Å².